The van der Waals surface area contributed by atoms with Crippen molar-refractivity contribution in [3.63, 3.8) is 0 Å². The van der Waals surface area contributed by atoms with E-state index in [0.717, 1.165) is 16.2 Å². The van der Waals surface area contributed by atoms with Crippen LogP contribution in [0.4, 0.5) is 16.2 Å². The van der Waals surface area contributed by atoms with Crippen molar-refractivity contribution in [3.05, 3.63) is 48.0 Å². The van der Waals surface area contributed by atoms with Crippen molar-refractivity contribution in [1.82, 2.24) is 10.2 Å². The molecule has 0 radical (unpaired) electrons. The Morgan fingerprint density at radius 1 is 1.06 bits per heavy atom. The first-order valence-corrected chi connectivity index (χ1v) is 12.2. The van der Waals surface area contributed by atoms with E-state index in [9.17, 15) is 14.4 Å². The third-order valence-electron chi connectivity index (χ3n) is 5.98. The number of amides is 4. The van der Waals surface area contributed by atoms with Crippen LogP contribution < -0.4 is 25.0 Å². The molecule has 10 nitrogen and oxygen atoms in total. The molecular formula is C26H32N4O6. The summed E-state index contributed by atoms with van der Waals surface area (Å²) in [7, 11) is 0. The number of benzene rings is 2. The van der Waals surface area contributed by atoms with Crippen LogP contribution in [0.1, 0.15) is 19.4 Å². The molecule has 0 aliphatic carbocycles. The summed E-state index contributed by atoms with van der Waals surface area (Å²) in [6.45, 7) is 6.85. The van der Waals surface area contributed by atoms with Crippen LogP contribution in [0.5, 0.6) is 11.5 Å². The van der Waals surface area contributed by atoms with E-state index in [0.29, 0.717) is 63.1 Å². The van der Waals surface area contributed by atoms with E-state index in [1.165, 1.54) is 0 Å². The van der Waals surface area contributed by atoms with Gasteiger partial charge >= 0.3 is 6.03 Å². The Morgan fingerprint density at radius 2 is 1.75 bits per heavy atom. The highest BCUT2D eigenvalue weighted by Crippen LogP contribution is 2.39. The van der Waals surface area contributed by atoms with Gasteiger partial charge in [-0.1, -0.05) is 30.3 Å². The van der Waals surface area contributed by atoms with E-state index in [1.54, 1.807) is 6.07 Å². The van der Waals surface area contributed by atoms with Crippen molar-refractivity contribution in [3.8, 4) is 11.5 Å². The first kappa shape index (κ1) is 25.3. The zero-order chi connectivity index (χ0) is 25.5. The topological polar surface area (TPSA) is 109 Å². The average Bonchev–Trinajstić information content (AvgIpc) is 3.14. The van der Waals surface area contributed by atoms with Gasteiger partial charge in [-0.15, -0.1) is 0 Å². The lowest BCUT2D eigenvalue weighted by molar-refractivity contribution is -0.130. The van der Waals surface area contributed by atoms with E-state index in [4.69, 9.17) is 14.2 Å². The molecule has 2 saturated heterocycles. The second-order valence-corrected chi connectivity index (χ2v) is 8.45. The van der Waals surface area contributed by atoms with Crippen LogP contribution in [0.15, 0.2) is 42.5 Å². The van der Waals surface area contributed by atoms with Gasteiger partial charge in [-0.2, -0.15) is 0 Å². The number of carbonyl (C=O) groups excluding carboxylic acids is 3. The van der Waals surface area contributed by atoms with Crippen molar-refractivity contribution in [2.75, 3.05) is 56.3 Å². The quantitative estimate of drug-likeness (QED) is 0.486. The Balaban J connectivity index is 1.48. The molecule has 0 saturated carbocycles. The minimum absolute atomic E-state index is 0.360. The van der Waals surface area contributed by atoms with Gasteiger partial charge in [-0.3, -0.25) is 14.5 Å². The minimum atomic E-state index is -0.705. The molecule has 0 bridgehead atoms. The van der Waals surface area contributed by atoms with E-state index < -0.39 is 30.4 Å². The lowest BCUT2D eigenvalue weighted by atomic mass is 10.1. The maximum Gasteiger partial charge on any atom is 0.325 e. The number of morpholine rings is 1. The molecule has 2 N–H and O–H groups in total. The smallest absolute Gasteiger partial charge is 0.325 e. The van der Waals surface area contributed by atoms with Gasteiger partial charge < -0.3 is 29.7 Å². The second-order valence-electron chi connectivity index (χ2n) is 8.45. The molecule has 0 spiro atoms. The molecule has 4 rings (SSSR count). The van der Waals surface area contributed by atoms with E-state index in [2.05, 4.69) is 15.5 Å². The summed E-state index contributed by atoms with van der Waals surface area (Å²) in [5.74, 6) is 0.147. The highest BCUT2D eigenvalue weighted by molar-refractivity contribution is 6.08. The first-order valence-electron chi connectivity index (χ1n) is 12.2. The van der Waals surface area contributed by atoms with Gasteiger partial charge in [-0.05, 0) is 19.4 Å². The number of nitrogens with one attached hydrogen (secondary N) is 2. The Hall–Kier alpha value is -3.79. The second kappa shape index (κ2) is 11.8. The van der Waals surface area contributed by atoms with E-state index in [1.807, 2.05) is 50.2 Å². The molecule has 1 atom stereocenters. The zero-order valence-electron chi connectivity index (χ0n) is 20.6. The van der Waals surface area contributed by atoms with Gasteiger partial charge in [0.1, 0.15) is 24.1 Å². The van der Waals surface area contributed by atoms with Crippen molar-refractivity contribution >= 4 is 29.2 Å². The number of anilines is 2. The van der Waals surface area contributed by atoms with Gasteiger partial charge in [0.05, 0.1) is 37.8 Å². The molecule has 0 unspecified atom stereocenters. The molecule has 0 aromatic heterocycles. The average molecular weight is 497 g/mol. The third-order valence-corrected chi connectivity index (χ3v) is 5.98. The Bertz CT molecular complexity index is 1090. The Kier molecular flexibility index (Phi) is 8.27. The predicted octanol–water partition coefficient (Wildman–Crippen LogP) is 2.42. The largest absolute Gasteiger partial charge is 0.492 e. The summed E-state index contributed by atoms with van der Waals surface area (Å²) in [5.41, 5.74) is 2.20. The molecule has 2 heterocycles. The number of carbonyl (C=O) groups is 3. The summed E-state index contributed by atoms with van der Waals surface area (Å²) < 4.78 is 17.1. The number of imide groups is 1. The standard InChI is InChI=1S/C26H32N4O6/c1-3-35-22-16-21(29-10-12-34-13-11-29)23(36-4-2)15-19(22)27-24(31)17-30-25(32)20(28-26(30)33)14-18-8-6-5-7-9-18/h5-9,15-16,20H,3-4,10-14,17H2,1-2H3,(H,27,31)(H,28,33)/t20-/m0/s1. The number of hydrogen-bond acceptors (Lipinski definition) is 7. The van der Waals surface area contributed by atoms with Crippen LogP contribution in [0.2, 0.25) is 0 Å². The van der Waals surface area contributed by atoms with Gasteiger partial charge in [0.2, 0.25) is 5.91 Å². The highest BCUT2D eigenvalue weighted by atomic mass is 16.5. The summed E-state index contributed by atoms with van der Waals surface area (Å²) in [6, 6.07) is 11.7. The van der Waals surface area contributed by atoms with Gasteiger partial charge in [-0.25, -0.2) is 4.79 Å². The van der Waals surface area contributed by atoms with Crippen molar-refractivity contribution < 1.29 is 28.6 Å². The molecular weight excluding hydrogens is 464 g/mol. The highest BCUT2D eigenvalue weighted by Gasteiger charge is 2.39. The fourth-order valence-electron chi connectivity index (χ4n) is 4.29. The van der Waals surface area contributed by atoms with Crippen LogP contribution >= 0.6 is 0 Å². The van der Waals surface area contributed by atoms with Crippen LogP contribution in [-0.4, -0.2) is 74.8 Å². The van der Waals surface area contributed by atoms with Crippen molar-refractivity contribution in [2.45, 2.75) is 26.3 Å². The fraction of sp³-hybridized carbons (Fsp3) is 0.423. The van der Waals surface area contributed by atoms with Crippen LogP contribution in [0, 0.1) is 0 Å². The summed E-state index contributed by atoms with van der Waals surface area (Å²) in [4.78, 5) is 41.3. The SMILES string of the molecule is CCOc1cc(N2CCOCC2)c(OCC)cc1NC(=O)CN1C(=O)N[C@@H](Cc2ccccc2)C1=O. The van der Waals surface area contributed by atoms with E-state index >= 15 is 0 Å². The summed E-state index contributed by atoms with van der Waals surface area (Å²) >= 11 is 0. The number of ether oxygens (including phenoxy) is 3. The minimum Gasteiger partial charge on any atom is -0.492 e. The third kappa shape index (κ3) is 5.88. The number of hydrogen-bond donors (Lipinski definition) is 2. The summed E-state index contributed by atoms with van der Waals surface area (Å²) in [5, 5.41) is 5.47. The summed E-state index contributed by atoms with van der Waals surface area (Å²) in [6.07, 6.45) is 0.360. The van der Waals surface area contributed by atoms with Crippen LogP contribution in [0.25, 0.3) is 0 Å². The molecule has 2 aliphatic heterocycles. The zero-order valence-corrected chi connectivity index (χ0v) is 20.6. The molecule has 4 amide bonds. The predicted molar refractivity (Wildman–Crippen MR) is 135 cm³/mol. The lowest BCUT2D eigenvalue weighted by Crippen LogP contribution is -2.38. The normalized spacial score (nSPS) is 17.7. The molecule has 192 valence electrons. The number of rotatable bonds is 10. The molecule has 10 heteroatoms. The van der Waals surface area contributed by atoms with E-state index in [-0.39, 0.29) is 0 Å². The van der Waals surface area contributed by atoms with Gasteiger partial charge in [0.25, 0.3) is 5.91 Å². The molecule has 2 aromatic carbocycles. The van der Waals surface area contributed by atoms with Gasteiger partial charge in [0, 0.05) is 31.6 Å². The molecule has 2 aromatic rings. The Morgan fingerprint density at radius 3 is 2.44 bits per heavy atom. The fourth-order valence-corrected chi connectivity index (χ4v) is 4.29. The Labute approximate surface area is 210 Å². The lowest BCUT2D eigenvalue weighted by Gasteiger charge is -2.31. The molecule has 2 aliphatic rings. The van der Waals surface area contributed by atoms with Gasteiger partial charge in [0.15, 0.2) is 0 Å². The maximum atomic E-state index is 12.9. The van der Waals surface area contributed by atoms with Crippen LogP contribution in [0.3, 0.4) is 0 Å². The van der Waals surface area contributed by atoms with Crippen LogP contribution in [-0.2, 0) is 20.7 Å². The monoisotopic (exact) mass is 496 g/mol. The number of urea groups is 1. The first-order chi connectivity index (χ1) is 17.5. The van der Waals surface area contributed by atoms with Crippen molar-refractivity contribution in [2.24, 2.45) is 0 Å². The molecule has 2 fully saturated rings. The van der Waals surface area contributed by atoms with Crippen molar-refractivity contribution in [1.29, 1.82) is 0 Å². The maximum absolute atomic E-state index is 12.9. The molecule has 36 heavy (non-hydrogen) atoms. The number of nitrogens with zero attached hydrogens (tertiary/aromatic N) is 2.